The Morgan fingerprint density at radius 2 is 1.53 bits per heavy atom. The van der Waals surface area contributed by atoms with Crippen molar-refractivity contribution >= 4 is 28.9 Å². The highest BCUT2D eigenvalue weighted by Crippen LogP contribution is 2.38. The molecule has 0 unspecified atom stereocenters. The van der Waals surface area contributed by atoms with E-state index >= 15 is 0 Å². The minimum atomic E-state index is -0.613. The number of ether oxygens (including phenoxy) is 5. The van der Waals surface area contributed by atoms with Gasteiger partial charge in [-0.2, -0.15) is 5.10 Å². The van der Waals surface area contributed by atoms with E-state index in [0.717, 1.165) is 10.8 Å². The average molecular weight is 515 g/mol. The van der Waals surface area contributed by atoms with Crippen LogP contribution in [0.5, 0.6) is 28.7 Å². The number of carbonyl (C=O) groups is 2. The van der Waals surface area contributed by atoms with Gasteiger partial charge in [0, 0.05) is 0 Å². The standard InChI is InChI=1S/C29H26N2O7/c1-34-25-15-22(16-26(35-2)28(25)36-3)29(33)38-24-10-6-7-19(13-24)17-30-31-27(32)18-37-23-12-11-20-8-4-5-9-21(20)14-23/h4-17H,18H2,1-3H3,(H,31,32). The Balaban J connectivity index is 1.34. The number of amides is 1. The van der Waals surface area contributed by atoms with E-state index < -0.39 is 11.9 Å². The third-order valence-electron chi connectivity index (χ3n) is 5.46. The highest BCUT2D eigenvalue weighted by molar-refractivity contribution is 5.93. The largest absolute Gasteiger partial charge is 0.493 e. The zero-order valence-corrected chi connectivity index (χ0v) is 21.1. The topological polar surface area (TPSA) is 105 Å². The van der Waals surface area contributed by atoms with E-state index in [1.165, 1.54) is 39.7 Å². The summed E-state index contributed by atoms with van der Waals surface area (Å²) in [6.07, 6.45) is 1.44. The molecule has 0 spiro atoms. The zero-order chi connectivity index (χ0) is 26.9. The second-order valence-electron chi connectivity index (χ2n) is 7.97. The number of hydrogen-bond donors (Lipinski definition) is 1. The zero-order valence-electron chi connectivity index (χ0n) is 21.1. The van der Waals surface area contributed by atoms with E-state index in [2.05, 4.69) is 10.5 Å². The minimum Gasteiger partial charge on any atom is -0.493 e. The van der Waals surface area contributed by atoms with Crippen LogP contribution in [0.4, 0.5) is 0 Å². The van der Waals surface area contributed by atoms with Crippen LogP contribution in [0, 0.1) is 0 Å². The maximum atomic E-state index is 12.7. The van der Waals surface area contributed by atoms with Gasteiger partial charge in [0.2, 0.25) is 5.75 Å². The van der Waals surface area contributed by atoms with Crippen molar-refractivity contribution < 1.29 is 33.3 Å². The van der Waals surface area contributed by atoms with E-state index in [-0.39, 0.29) is 12.2 Å². The molecule has 9 heteroatoms. The van der Waals surface area contributed by atoms with Crippen LogP contribution in [0.25, 0.3) is 10.8 Å². The van der Waals surface area contributed by atoms with E-state index in [4.69, 9.17) is 23.7 Å². The van der Waals surface area contributed by atoms with E-state index in [9.17, 15) is 9.59 Å². The molecule has 1 N–H and O–H groups in total. The summed E-state index contributed by atoms with van der Waals surface area (Å²) >= 11 is 0. The van der Waals surface area contributed by atoms with Crippen molar-refractivity contribution in [2.75, 3.05) is 27.9 Å². The first-order valence-corrected chi connectivity index (χ1v) is 11.6. The van der Waals surface area contributed by atoms with Crippen LogP contribution in [0.1, 0.15) is 15.9 Å². The summed E-state index contributed by atoms with van der Waals surface area (Å²) in [5.41, 5.74) is 3.25. The molecule has 0 saturated carbocycles. The highest BCUT2D eigenvalue weighted by atomic mass is 16.5. The summed E-state index contributed by atoms with van der Waals surface area (Å²) in [6, 6.07) is 23.2. The number of esters is 1. The van der Waals surface area contributed by atoms with Crippen molar-refractivity contribution in [3.05, 3.63) is 90.0 Å². The molecule has 4 aromatic rings. The molecule has 0 aromatic heterocycles. The molecule has 0 bridgehead atoms. The van der Waals surface area contributed by atoms with Crippen molar-refractivity contribution in [3.8, 4) is 28.7 Å². The molecule has 4 rings (SSSR count). The Hall–Kier alpha value is -5.05. The smallest absolute Gasteiger partial charge is 0.343 e. The lowest BCUT2D eigenvalue weighted by molar-refractivity contribution is -0.123. The number of hydrogen-bond acceptors (Lipinski definition) is 8. The van der Waals surface area contributed by atoms with Gasteiger partial charge in [-0.1, -0.05) is 42.5 Å². The lowest BCUT2D eigenvalue weighted by atomic mass is 10.1. The number of carbonyl (C=O) groups excluding carboxylic acids is 2. The first kappa shape index (κ1) is 26.0. The fourth-order valence-corrected chi connectivity index (χ4v) is 3.64. The van der Waals surface area contributed by atoms with Crippen LogP contribution >= 0.6 is 0 Å². The molecule has 194 valence electrons. The Labute approximate surface area is 219 Å². The lowest BCUT2D eigenvalue weighted by Crippen LogP contribution is -2.24. The van der Waals surface area contributed by atoms with Crippen LogP contribution in [0.3, 0.4) is 0 Å². The second kappa shape index (κ2) is 12.3. The molecular formula is C29H26N2O7. The maximum absolute atomic E-state index is 12.7. The molecular weight excluding hydrogens is 488 g/mol. The van der Waals surface area contributed by atoms with Gasteiger partial charge in [-0.15, -0.1) is 0 Å². The third kappa shape index (κ3) is 6.38. The SMILES string of the molecule is COc1cc(C(=O)Oc2cccc(C=NNC(=O)COc3ccc4ccccc4c3)c2)cc(OC)c1OC. The molecule has 0 radical (unpaired) electrons. The van der Waals surface area contributed by atoms with Gasteiger partial charge in [-0.3, -0.25) is 4.79 Å². The molecule has 0 fully saturated rings. The maximum Gasteiger partial charge on any atom is 0.343 e. The van der Waals surface area contributed by atoms with Crippen molar-refractivity contribution in [2.45, 2.75) is 0 Å². The number of nitrogens with zero attached hydrogens (tertiary/aromatic N) is 1. The Morgan fingerprint density at radius 3 is 2.24 bits per heavy atom. The van der Waals surface area contributed by atoms with Gasteiger partial charge in [0.1, 0.15) is 11.5 Å². The number of fused-ring (bicyclic) bond motifs is 1. The highest BCUT2D eigenvalue weighted by Gasteiger charge is 2.18. The number of benzene rings is 4. The fraction of sp³-hybridized carbons (Fsp3) is 0.138. The van der Waals surface area contributed by atoms with Crippen molar-refractivity contribution in [3.63, 3.8) is 0 Å². The van der Waals surface area contributed by atoms with Crippen molar-refractivity contribution in [1.82, 2.24) is 5.43 Å². The van der Waals surface area contributed by atoms with Crippen LogP contribution in [0.15, 0.2) is 84.0 Å². The molecule has 0 aliphatic rings. The van der Waals surface area contributed by atoms with Gasteiger partial charge in [-0.05, 0) is 52.7 Å². The molecule has 0 saturated heterocycles. The van der Waals surface area contributed by atoms with Crippen molar-refractivity contribution in [1.29, 1.82) is 0 Å². The van der Waals surface area contributed by atoms with Crippen molar-refractivity contribution in [2.24, 2.45) is 5.10 Å². The third-order valence-corrected chi connectivity index (χ3v) is 5.46. The molecule has 1 amide bonds. The summed E-state index contributed by atoms with van der Waals surface area (Å²) < 4.78 is 26.9. The summed E-state index contributed by atoms with van der Waals surface area (Å²) in [6.45, 7) is -0.192. The van der Waals surface area contributed by atoms with E-state index in [1.54, 1.807) is 24.3 Å². The minimum absolute atomic E-state index is 0.192. The van der Waals surface area contributed by atoms with E-state index in [1.807, 2.05) is 42.5 Å². The van der Waals surface area contributed by atoms with Crippen LogP contribution in [-0.2, 0) is 4.79 Å². The second-order valence-corrected chi connectivity index (χ2v) is 7.97. The Bertz CT molecular complexity index is 1460. The quantitative estimate of drug-likeness (QED) is 0.143. The van der Waals surface area contributed by atoms with Gasteiger partial charge in [0.15, 0.2) is 18.1 Å². The predicted octanol–water partition coefficient (Wildman–Crippen LogP) is 4.61. The number of methoxy groups -OCH3 is 3. The molecule has 9 nitrogen and oxygen atoms in total. The van der Waals surface area contributed by atoms with E-state index in [0.29, 0.717) is 34.3 Å². The fourth-order valence-electron chi connectivity index (χ4n) is 3.64. The lowest BCUT2D eigenvalue weighted by Gasteiger charge is -2.13. The summed E-state index contributed by atoms with van der Waals surface area (Å²) in [4.78, 5) is 24.9. The van der Waals surface area contributed by atoms with Crippen LogP contribution in [0.2, 0.25) is 0 Å². The van der Waals surface area contributed by atoms with Crippen LogP contribution in [-0.4, -0.2) is 46.0 Å². The first-order valence-electron chi connectivity index (χ1n) is 11.6. The molecule has 0 aliphatic carbocycles. The molecule has 0 aliphatic heterocycles. The van der Waals surface area contributed by atoms with Gasteiger partial charge in [0.05, 0.1) is 33.1 Å². The number of hydrazone groups is 1. The Morgan fingerprint density at radius 1 is 0.789 bits per heavy atom. The van der Waals surface area contributed by atoms with Gasteiger partial charge < -0.3 is 23.7 Å². The molecule has 38 heavy (non-hydrogen) atoms. The van der Waals surface area contributed by atoms with Gasteiger partial charge >= 0.3 is 5.97 Å². The normalized spacial score (nSPS) is 10.7. The summed E-state index contributed by atoms with van der Waals surface area (Å²) in [5, 5.41) is 6.07. The van der Waals surface area contributed by atoms with Gasteiger partial charge in [-0.25, -0.2) is 10.2 Å². The molecule has 4 aromatic carbocycles. The average Bonchev–Trinajstić information content (AvgIpc) is 2.95. The Kier molecular flexibility index (Phi) is 8.40. The number of nitrogens with one attached hydrogen (secondary N) is 1. The summed E-state index contributed by atoms with van der Waals surface area (Å²) in [7, 11) is 4.40. The van der Waals surface area contributed by atoms with Crippen LogP contribution < -0.4 is 29.1 Å². The monoisotopic (exact) mass is 514 g/mol. The predicted molar refractivity (Wildman–Crippen MR) is 143 cm³/mol. The summed E-state index contributed by atoms with van der Waals surface area (Å²) in [5.74, 6) is 0.884. The number of rotatable bonds is 10. The molecule has 0 heterocycles. The first-order chi connectivity index (χ1) is 18.5. The van der Waals surface area contributed by atoms with Gasteiger partial charge in [0.25, 0.3) is 5.91 Å². The molecule has 0 atom stereocenters.